The Bertz CT molecular complexity index is 300. The van der Waals surface area contributed by atoms with Crippen LogP contribution in [0.15, 0.2) is 12.4 Å². The van der Waals surface area contributed by atoms with Crippen LogP contribution in [0.25, 0.3) is 0 Å². The van der Waals surface area contributed by atoms with Crippen LogP contribution in [0.5, 0.6) is 0 Å². The number of aromatic nitrogens is 2. The Balaban J connectivity index is 1.77. The summed E-state index contributed by atoms with van der Waals surface area (Å²) in [5, 5.41) is 0. The minimum absolute atomic E-state index is 0.756. The van der Waals surface area contributed by atoms with Crippen molar-refractivity contribution in [2.75, 3.05) is 51.3 Å². The largest absolute Gasteiger partial charge is 0.379 e. The van der Waals surface area contributed by atoms with E-state index >= 15 is 0 Å². The molecule has 5 heteroatoms. The van der Waals surface area contributed by atoms with Crippen LogP contribution in [0.4, 0.5) is 5.95 Å². The molecule has 1 radical (unpaired) electrons. The molecule has 1 fully saturated rings. The summed E-state index contributed by atoms with van der Waals surface area (Å²) in [5.41, 5.74) is 0. The normalized spacial score (nSPS) is 17.3. The lowest BCUT2D eigenvalue weighted by Gasteiger charge is -2.28. The van der Waals surface area contributed by atoms with E-state index in [0.717, 1.165) is 45.3 Å². The van der Waals surface area contributed by atoms with Gasteiger partial charge < -0.3 is 9.64 Å². The molecule has 0 atom stereocenters. The van der Waals surface area contributed by atoms with Crippen LogP contribution >= 0.6 is 0 Å². The lowest BCUT2D eigenvalue weighted by molar-refractivity contribution is 0.0392. The third-order valence-electron chi connectivity index (χ3n) is 2.71. The van der Waals surface area contributed by atoms with E-state index in [2.05, 4.69) is 25.8 Å². The number of likely N-dealkylation sites (N-methyl/N-ethyl adjacent to an activating group) is 1. The molecular formula is C11H17N4O. The zero-order chi connectivity index (χ0) is 11.2. The molecule has 0 aromatic carbocycles. The Morgan fingerprint density at radius 3 is 2.75 bits per heavy atom. The number of ether oxygens (including phenoxy) is 1. The van der Waals surface area contributed by atoms with Crippen LogP contribution in [0.1, 0.15) is 0 Å². The maximum Gasteiger partial charge on any atom is 0.225 e. The fraction of sp³-hybridized carbons (Fsp3) is 0.636. The summed E-state index contributed by atoms with van der Waals surface area (Å²) in [6, 6.07) is 2.82. The summed E-state index contributed by atoms with van der Waals surface area (Å²) < 4.78 is 5.31. The first-order chi connectivity index (χ1) is 7.86. The SMILES string of the molecule is CN(CCN1CCOCC1)c1nc[c]cn1. The molecule has 5 nitrogen and oxygen atoms in total. The summed E-state index contributed by atoms with van der Waals surface area (Å²) in [4.78, 5) is 12.8. The van der Waals surface area contributed by atoms with Crippen LogP contribution < -0.4 is 4.90 Å². The monoisotopic (exact) mass is 221 g/mol. The first kappa shape index (κ1) is 11.3. The topological polar surface area (TPSA) is 41.5 Å². The molecule has 0 bridgehead atoms. The second-order valence-corrected chi connectivity index (χ2v) is 3.86. The van der Waals surface area contributed by atoms with Crippen LogP contribution in [-0.4, -0.2) is 61.3 Å². The van der Waals surface area contributed by atoms with Gasteiger partial charge in [-0.1, -0.05) is 0 Å². The van der Waals surface area contributed by atoms with Gasteiger partial charge in [-0.25, -0.2) is 9.97 Å². The first-order valence-corrected chi connectivity index (χ1v) is 5.55. The van der Waals surface area contributed by atoms with Crippen LogP contribution in [0, 0.1) is 6.07 Å². The molecule has 0 spiro atoms. The number of morpholine rings is 1. The van der Waals surface area contributed by atoms with Crippen molar-refractivity contribution in [1.29, 1.82) is 0 Å². The van der Waals surface area contributed by atoms with Crippen molar-refractivity contribution < 1.29 is 4.74 Å². The highest BCUT2D eigenvalue weighted by molar-refractivity contribution is 5.25. The third kappa shape index (κ3) is 3.15. The number of hydrogen-bond acceptors (Lipinski definition) is 5. The zero-order valence-electron chi connectivity index (χ0n) is 9.59. The molecule has 0 saturated carbocycles. The summed E-state index contributed by atoms with van der Waals surface area (Å²) in [6.07, 6.45) is 3.29. The van der Waals surface area contributed by atoms with Crippen molar-refractivity contribution in [3.63, 3.8) is 0 Å². The van der Waals surface area contributed by atoms with E-state index in [4.69, 9.17) is 4.74 Å². The summed E-state index contributed by atoms with van der Waals surface area (Å²) in [6.45, 7) is 5.71. The molecule has 1 aliphatic rings. The standard InChI is InChI=1S/C11H17N4O/c1-14(11-12-3-2-4-13-11)5-6-15-7-9-16-10-8-15/h3-4H,5-10H2,1H3. The van der Waals surface area contributed by atoms with Crippen LogP contribution in [0.3, 0.4) is 0 Å². The molecule has 16 heavy (non-hydrogen) atoms. The average Bonchev–Trinajstić information content (AvgIpc) is 2.38. The van der Waals surface area contributed by atoms with E-state index in [1.165, 1.54) is 0 Å². The van der Waals surface area contributed by atoms with Gasteiger partial charge in [0.2, 0.25) is 5.95 Å². The Hall–Kier alpha value is -1.20. The molecule has 1 aromatic heterocycles. The van der Waals surface area contributed by atoms with Gasteiger partial charge in [-0.3, -0.25) is 4.90 Å². The second-order valence-electron chi connectivity index (χ2n) is 3.86. The fourth-order valence-corrected chi connectivity index (χ4v) is 1.67. The van der Waals surface area contributed by atoms with Crippen molar-refractivity contribution in [3.8, 4) is 0 Å². The summed E-state index contributed by atoms with van der Waals surface area (Å²) >= 11 is 0. The van der Waals surface area contributed by atoms with E-state index in [1.54, 1.807) is 12.4 Å². The van der Waals surface area contributed by atoms with E-state index in [9.17, 15) is 0 Å². The van der Waals surface area contributed by atoms with Crippen LogP contribution in [0.2, 0.25) is 0 Å². The minimum Gasteiger partial charge on any atom is -0.379 e. The lowest BCUT2D eigenvalue weighted by atomic mass is 10.4. The van der Waals surface area contributed by atoms with Crippen molar-refractivity contribution in [1.82, 2.24) is 14.9 Å². The Kier molecular flexibility index (Phi) is 4.07. The maximum absolute atomic E-state index is 5.31. The molecule has 2 heterocycles. The van der Waals surface area contributed by atoms with Gasteiger partial charge in [0.25, 0.3) is 0 Å². The number of hydrogen-bond donors (Lipinski definition) is 0. The highest BCUT2D eigenvalue weighted by Crippen LogP contribution is 2.02. The van der Waals surface area contributed by atoms with E-state index in [1.807, 2.05) is 7.05 Å². The molecule has 1 aromatic rings. The molecule has 1 aliphatic heterocycles. The highest BCUT2D eigenvalue weighted by Gasteiger charge is 2.11. The molecule has 0 unspecified atom stereocenters. The molecular weight excluding hydrogens is 204 g/mol. The third-order valence-corrected chi connectivity index (χ3v) is 2.71. The van der Waals surface area contributed by atoms with Gasteiger partial charge in [0, 0.05) is 51.7 Å². The molecule has 2 rings (SSSR count). The number of nitrogens with zero attached hydrogens (tertiary/aromatic N) is 4. The van der Waals surface area contributed by atoms with E-state index < -0.39 is 0 Å². The van der Waals surface area contributed by atoms with Crippen molar-refractivity contribution >= 4 is 5.95 Å². The number of rotatable bonds is 4. The van der Waals surface area contributed by atoms with Gasteiger partial charge in [0.05, 0.1) is 13.2 Å². The Morgan fingerprint density at radius 1 is 1.38 bits per heavy atom. The first-order valence-electron chi connectivity index (χ1n) is 5.55. The zero-order valence-corrected chi connectivity index (χ0v) is 9.59. The van der Waals surface area contributed by atoms with E-state index in [0.29, 0.717) is 0 Å². The molecule has 0 aliphatic carbocycles. The molecule has 0 N–H and O–H groups in total. The van der Waals surface area contributed by atoms with Crippen LogP contribution in [-0.2, 0) is 4.74 Å². The van der Waals surface area contributed by atoms with Gasteiger partial charge in [-0.05, 0) is 0 Å². The summed E-state index contributed by atoms with van der Waals surface area (Å²) in [5.74, 6) is 0.756. The van der Waals surface area contributed by atoms with Gasteiger partial charge in [-0.2, -0.15) is 0 Å². The quantitative estimate of drug-likeness (QED) is 0.718. The Labute approximate surface area is 96.1 Å². The van der Waals surface area contributed by atoms with Gasteiger partial charge in [0.15, 0.2) is 0 Å². The predicted molar refractivity (Wildman–Crippen MR) is 61.4 cm³/mol. The molecule has 87 valence electrons. The predicted octanol–water partition coefficient (Wildman–Crippen LogP) is 0.0452. The van der Waals surface area contributed by atoms with E-state index in [-0.39, 0.29) is 0 Å². The van der Waals surface area contributed by atoms with Crippen molar-refractivity contribution in [3.05, 3.63) is 18.5 Å². The molecule has 1 saturated heterocycles. The van der Waals surface area contributed by atoms with Gasteiger partial charge in [0.1, 0.15) is 0 Å². The minimum atomic E-state index is 0.756. The van der Waals surface area contributed by atoms with Crippen molar-refractivity contribution in [2.24, 2.45) is 0 Å². The Morgan fingerprint density at radius 2 is 2.06 bits per heavy atom. The lowest BCUT2D eigenvalue weighted by Crippen LogP contribution is -2.41. The van der Waals surface area contributed by atoms with Gasteiger partial charge in [-0.15, -0.1) is 0 Å². The smallest absolute Gasteiger partial charge is 0.225 e. The fourth-order valence-electron chi connectivity index (χ4n) is 1.67. The summed E-state index contributed by atoms with van der Waals surface area (Å²) in [7, 11) is 2.01. The average molecular weight is 221 g/mol. The number of anilines is 1. The maximum atomic E-state index is 5.31. The molecule has 0 amide bonds. The second kappa shape index (κ2) is 5.77. The highest BCUT2D eigenvalue weighted by atomic mass is 16.5. The van der Waals surface area contributed by atoms with Crippen molar-refractivity contribution in [2.45, 2.75) is 0 Å². The van der Waals surface area contributed by atoms with Gasteiger partial charge >= 0.3 is 0 Å².